The van der Waals surface area contributed by atoms with E-state index in [1.54, 1.807) is 18.2 Å². The summed E-state index contributed by atoms with van der Waals surface area (Å²) in [4.78, 5) is 24.9. The Balaban J connectivity index is 1.60. The highest BCUT2D eigenvalue weighted by molar-refractivity contribution is 7.99. The van der Waals surface area contributed by atoms with Crippen molar-refractivity contribution >= 4 is 58.2 Å². The van der Waals surface area contributed by atoms with E-state index in [-0.39, 0.29) is 24.0 Å². The summed E-state index contributed by atoms with van der Waals surface area (Å²) in [6.07, 6.45) is 0.0846. The summed E-state index contributed by atoms with van der Waals surface area (Å²) in [6.45, 7) is 6.47. The average Bonchev–Trinajstić information content (AvgIpc) is 3.12. The molecule has 0 fully saturated rings. The van der Waals surface area contributed by atoms with Crippen molar-refractivity contribution in [1.29, 1.82) is 0 Å². The third-order valence-corrected chi connectivity index (χ3v) is 6.14. The van der Waals surface area contributed by atoms with Crippen molar-refractivity contribution in [2.24, 2.45) is 0 Å². The summed E-state index contributed by atoms with van der Waals surface area (Å²) in [5, 5.41) is 15.4. The Morgan fingerprint density at radius 1 is 1.00 bits per heavy atom. The van der Waals surface area contributed by atoms with Crippen molar-refractivity contribution in [3.63, 3.8) is 0 Å². The minimum Gasteiger partial charge on any atom is -0.325 e. The van der Waals surface area contributed by atoms with Crippen LogP contribution in [-0.2, 0) is 22.6 Å². The number of rotatable bonds is 8. The zero-order chi connectivity index (χ0) is 23.3. The van der Waals surface area contributed by atoms with Crippen LogP contribution in [0.25, 0.3) is 0 Å². The first kappa shape index (κ1) is 24.1. The smallest absolute Gasteiger partial charge is 0.234 e. The molecular weight excluding hydrogens is 469 g/mol. The molecule has 1 aromatic heterocycles. The first-order valence-corrected chi connectivity index (χ1v) is 11.7. The van der Waals surface area contributed by atoms with E-state index in [1.165, 1.54) is 11.8 Å². The molecule has 0 saturated carbocycles. The van der Waals surface area contributed by atoms with Crippen LogP contribution in [0.15, 0.2) is 41.6 Å². The van der Waals surface area contributed by atoms with E-state index in [9.17, 15) is 9.59 Å². The Bertz CT molecular complexity index is 1150. The minimum absolute atomic E-state index is 0.0846. The van der Waals surface area contributed by atoms with Gasteiger partial charge in [0.25, 0.3) is 0 Å². The van der Waals surface area contributed by atoms with Crippen molar-refractivity contribution in [1.82, 2.24) is 14.8 Å². The van der Waals surface area contributed by atoms with E-state index < -0.39 is 0 Å². The molecule has 3 rings (SSSR count). The highest BCUT2D eigenvalue weighted by Gasteiger charge is 2.17. The molecule has 2 aromatic carbocycles. The predicted molar refractivity (Wildman–Crippen MR) is 130 cm³/mol. The molecule has 0 atom stereocenters. The SMILES string of the molecule is CCn1c(CC(=O)Nc2ccc(C)cc2C)nnc1SCC(=O)Nc1ccc(Cl)cc1Cl. The van der Waals surface area contributed by atoms with Crippen LogP contribution in [0, 0.1) is 13.8 Å². The van der Waals surface area contributed by atoms with Gasteiger partial charge in [-0.1, -0.05) is 52.7 Å². The fourth-order valence-corrected chi connectivity index (χ4v) is 4.35. The summed E-state index contributed by atoms with van der Waals surface area (Å²) in [7, 11) is 0. The van der Waals surface area contributed by atoms with Crippen LogP contribution in [0.5, 0.6) is 0 Å². The molecule has 7 nitrogen and oxygen atoms in total. The number of amides is 2. The Morgan fingerprint density at radius 3 is 2.41 bits per heavy atom. The summed E-state index contributed by atoms with van der Waals surface area (Å²) in [5.41, 5.74) is 3.39. The third kappa shape index (κ3) is 6.25. The predicted octanol–water partition coefficient (Wildman–Crippen LogP) is 5.13. The van der Waals surface area contributed by atoms with Gasteiger partial charge in [0.15, 0.2) is 5.16 Å². The van der Waals surface area contributed by atoms with Gasteiger partial charge >= 0.3 is 0 Å². The second-order valence-corrected chi connectivity index (χ2v) is 8.93. The lowest BCUT2D eigenvalue weighted by Gasteiger charge is -2.10. The second-order valence-electron chi connectivity index (χ2n) is 7.15. The van der Waals surface area contributed by atoms with Gasteiger partial charge in [0.1, 0.15) is 5.82 Å². The summed E-state index contributed by atoms with van der Waals surface area (Å²) >= 11 is 13.2. The zero-order valence-electron chi connectivity index (χ0n) is 17.9. The summed E-state index contributed by atoms with van der Waals surface area (Å²) < 4.78 is 1.83. The van der Waals surface area contributed by atoms with E-state index in [0.717, 1.165) is 16.8 Å². The fraction of sp³-hybridized carbons (Fsp3) is 0.273. The maximum atomic E-state index is 12.5. The highest BCUT2D eigenvalue weighted by Crippen LogP contribution is 2.26. The van der Waals surface area contributed by atoms with Crippen LogP contribution in [-0.4, -0.2) is 32.3 Å². The second kappa shape index (κ2) is 10.8. The van der Waals surface area contributed by atoms with Gasteiger partial charge in [0.05, 0.1) is 22.9 Å². The van der Waals surface area contributed by atoms with Crippen LogP contribution < -0.4 is 10.6 Å². The molecule has 0 spiro atoms. The Labute approximate surface area is 200 Å². The highest BCUT2D eigenvalue weighted by atomic mass is 35.5. The van der Waals surface area contributed by atoms with Gasteiger partial charge in [-0.2, -0.15) is 0 Å². The van der Waals surface area contributed by atoms with Crippen LogP contribution in [0.1, 0.15) is 23.9 Å². The number of aromatic nitrogens is 3. The molecule has 2 amide bonds. The number of benzene rings is 2. The van der Waals surface area contributed by atoms with E-state index in [4.69, 9.17) is 23.2 Å². The topological polar surface area (TPSA) is 88.9 Å². The minimum atomic E-state index is -0.237. The number of hydrogen-bond acceptors (Lipinski definition) is 5. The van der Waals surface area contributed by atoms with Crippen LogP contribution >= 0.6 is 35.0 Å². The third-order valence-electron chi connectivity index (χ3n) is 4.62. The lowest BCUT2D eigenvalue weighted by molar-refractivity contribution is -0.116. The number of halogens is 2. The molecule has 0 aliphatic heterocycles. The molecule has 1 heterocycles. The summed E-state index contributed by atoms with van der Waals surface area (Å²) in [5.74, 6) is 0.245. The molecule has 0 saturated heterocycles. The average molecular weight is 492 g/mol. The monoisotopic (exact) mass is 491 g/mol. The largest absolute Gasteiger partial charge is 0.325 e. The maximum absolute atomic E-state index is 12.5. The molecule has 0 aliphatic rings. The Kier molecular flexibility index (Phi) is 8.17. The standard InChI is InChI=1S/C22H23Cl2N5O2S/c1-4-29-19(11-20(30)25-17-7-5-13(2)9-14(17)3)27-28-22(29)32-12-21(31)26-18-8-6-15(23)10-16(18)24/h5-10H,4,11-12H2,1-3H3,(H,25,30)(H,26,31). The van der Waals surface area contributed by atoms with Crippen LogP contribution in [0.2, 0.25) is 10.0 Å². The van der Waals surface area contributed by atoms with Gasteiger partial charge in [-0.15, -0.1) is 10.2 Å². The lowest BCUT2D eigenvalue weighted by Crippen LogP contribution is -2.18. The van der Waals surface area contributed by atoms with Crippen molar-refractivity contribution in [2.45, 2.75) is 38.9 Å². The number of nitrogens with zero attached hydrogens (tertiary/aromatic N) is 3. The van der Waals surface area contributed by atoms with Gasteiger partial charge in [0, 0.05) is 17.3 Å². The number of nitrogens with one attached hydrogen (secondary N) is 2. The fourth-order valence-electron chi connectivity index (χ4n) is 3.07. The molecule has 10 heteroatoms. The number of hydrogen-bond donors (Lipinski definition) is 2. The Morgan fingerprint density at radius 2 is 1.72 bits per heavy atom. The van der Waals surface area contributed by atoms with E-state index >= 15 is 0 Å². The molecule has 32 heavy (non-hydrogen) atoms. The summed E-state index contributed by atoms with van der Waals surface area (Å²) in [6, 6.07) is 10.7. The van der Waals surface area contributed by atoms with Crippen LogP contribution in [0.3, 0.4) is 0 Å². The van der Waals surface area contributed by atoms with Crippen molar-refractivity contribution in [2.75, 3.05) is 16.4 Å². The molecule has 3 aromatic rings. The molecule has 0 unspecified atom stereocenters. The molecule has 0 aliphatic carbocycles. The van der Waals surface area contributed by atoms with Gasteiger partial charge in [-0.25, -0.2) is 0 Å². The first-order valence-electron chi connectivity index (χ1n) is 9.93. The molecule has 2 N–H and O–H groups in total. The quantitative estimate of drug-likeness (QED) is 0.426. The van der Waals surface area contributed by atoms with Crippen molar-refractivity contribution < 1.29 is 9.59 Å². The van der Waals surface area contributed by atoms with Gasteiger partial charge in [-0.3, -0.25) is 9.59 Å². The first-order chi connectivity index (χ1) is 15.3. The molecule has 168 valence electrons. The van der Waals surface area contributed by atoms with Crippen molar-refractivity contribution in [3.05, 3.63) is 63.4 Å². The number of anilines is 2. The molecule has 0 radical (unpaired) electrons. The van der Waals surface area contributed by atoms with E-state index in [1.807, 2.05) is 43.5 Å². The zero-order valence-corrected chi connectivity index (χ0v) is 20.2. The number of carbonyl (C=O) groups excluding carboxylic acids is 2. The van der Waals surface area contributed by atoms with E-state index in [0.29, 0.717) is 33.3 Å². The van der Waals surface area contributed by atoms with Gasteiger partial charge < -0.3 is 15.2 Å². The molecule has 0 bridgehead atoms. The van der Waals surface area contributed by atoms with Gasteiger partial charge in [0.2, 0.25) is 11.8 Å². The maximum Gasteiger partial charge on any atom is 0.234 e. The number of carbonyl (C=O) groups is 2. The lowest BCUT2D eigenvalue weighted by atomic mass is 10.1. The molecular formula is C22H23Cl2N5O2S. The number of thioether (sulfide) groups is 1. The van der Waals surface area contributed by atoms with Gasteiger partial charge in [-0.05, 0) is 50.6 Å². The Hall–Kier alpha value is -2.55. The normalized spacial score (nSPS) is 10.8. The van der Waals surface area contributed by atoms with Crippen molar-refractivity contribution in [3.8, 4) is 0 Å². The van der Waals surface area contributed by atoms with E-state index in [2.05, 4.69) is 20.8 Å². The van der Waals surface area contributed by atoms with Crippen LogP contribution in [0.4, 0.5) is 11.4 Å². The number of aryl methyl sites for hydroxylation is 2.